The molecule has 0 fully saturated rings. The highest BCUT2D eigenvalue weighted by molar-refractivity contribution is 5.37. The minimum absolute atomic E-state index is 0.949. The summed E-state index contributed by atoms with van der Waals surface area (Å²) in [6, 6.07) is 4.25. The highest BCUT2D eigenvalue weighted by Crippen LogP contribution is 2.10. The summed E-state index contributed by atoms with van der Waals surface area (Å²) in [5.41, 5.74) is 1.26. The summed E-state index contributed by atoms with van der Waals surface area (Å²) in [6.45, 7) is 6.12. The lowest BCUT2D eigenvalue weighted by molar-refractivity contribution is 0.328. The third kappa shape index (κ3) is 4.71. The molecule has 1 rings (SSSR count). The van der Waals surface area contributed by atoms with Crippen LogP contribution in [0.4, 0.5) is 5.82 Å². The molecule has 1 aromatic rings. The predicted octanol–water partition coefficient (Wildman–Crippen LogP) is 1.19. The monoisotopic (exact) mass is 236 g/mol. The number of rotatable bonds is 7. The zero-order valence-corrected chi connectivity index (χ0v) is 11.4. The number of anilines is 1. The van der Waals surface area contributed by atoms with Crippen LogP contribution in [0.25, 0.3) is 0 Å². The van der Waals surface area contributed by atoms with Crippen molar-refractivity contribution >= 4 is 5.82 Å². The third-order valence-corrected chi connectivity index (χ3v) is 2.87. The molecule has 0 aliphatic heterocycles. The molecule has 0 amide bonds. The van der Waals surface area contributed by atoms with Gasteiger partial charge in [0, 0.05) is 39.4 Å². The smallest absolute Gasteiger partial charge is 0.128 e. The molecular formula is C13H24N4. The van der Waals surface area contributed by atoms with Crippen LogP contribution in [0.1, 0.15) is 12.5 Å². The molecule has 17 heavy (non-hydrogen) atoms. The SMILES string of the molecule is CCN(C)c1ccc(CN(C)CCNC)cn1. The predicted molar refractivity (Wildman–Crippen MR) is 73.4 cm³/mol. The number of pyridine rings is 1. The van der Waals surface area contributed by atoms with Gasteiger partial charge in [0.2, 0.25) is 0 Å². The zero-order valence-electron chi connectivity index (χ0n) is 11.4. The summed E-state index contributed by atoms with van der Waals surface area (Å²) < 4.78 is 0. The fourth-order valence-corrected chi connectivity index (χ4v) is 1.59. The minimum Gasteiger partial charge on any atom is -0.360 e. The van der Waals surface area contributed by atoms with Crippen LogP contribution in [0.2, 0.25) is 0 Å². The number of hydrogen-bond acceptors (Lipinski definition) is 4. The van der Waals surface area contributed by atoms with E-state index in [1.54, 1.807) is 0 Å². The van der Waals surface area contributed by atoms with E-state index < -0.39 is 0 Å². The fourth-order valence-electron chi connectivity index (χ4n) is 1.59. The summed E-state index contributed by atoms with van der Waals surface area (Å²) in [7, 11) is 6.16. The zero-order chi connectivity index (χ0) is 12.7. The molecule has 0 unspecified atom stereocenters. The molecule has 4 nitrogen and oxygen atoms in total. The Kier molecular flexibility index (Phi) is 5.94. The van der Waals surface area contributed by atoms with Crippen molar-refractivity contribution in [3.63, 3.8) is 0 Å². The molecule has 96 valence electrons. The summed E-state index contributed by atoms with van der Waals surface area (Å²) in [5, 5.41) is 3.15. The maximum atomic E-state index is 4.47. The quantitative estimate of drug-likeness (QED) is 0.770. The van der Waals surface area contributed by atoms with Crippen LogP contribution >= 0.6 is 0 Å². The molecule has 0 saturated carbocycles. The van der Waals surface area contributed by atoms with Gasteiger partial charge in [-0.05, 0) is 32.6 Å². The van der Waals surface area contributed by atoms with Crippen LogP contribution in [0.5, 0.6) is 0 Å². The van der Waals surface area contributed by atoms with Gasteiger partial charge < -0.3 is 15.1 Å². The van der Waals surface area contributed by atoms with E-state index in [0.717, 1.165) is 32.0 Å². The molecule has 0 atom stereocenters. The second-order valence-corrected chi connectivity index (χ2v) is 4.38. The minimum atomic E-state index is 0.949. The van der Waals surface area contributed by atoms with Gasteiger partial charge in [0.25, 0.3) is 0 Å². The van der Waals surface area contributed by atoms with Gasteiger partial charge in [-0.25, -0.2) is 4.98 Å². The van der Waals surface area contributed by atoms with Crippen molar-refractivity contribution in [3.8, 4) is 0 Å². The van der Waals surface area contributed by atoms with E-state index in [9.17, 15) is 0 Å². The molecule has 1 N–H and O–H groups in total. The molecule has 0 aromatic carbocycles. The van der Waals surface area contributed by atoms with Crippen LogP contribution in [0.3, 0.4) is 0 Å². The summed E-state index contributed by atoms with van der Waals surface area (Å²) in [5.74, 6) is 1.04. The van der Waals surface area contributed by atoms with Crippen LogP contribution in [-0.4, -0.2) is 50.7 Å². The topological polar surface area (TPSA) is 31.4 Å². The van der Waals surface area contributed by atoms with Gasteiger partial charge >= 0.3 is 0 Å². The van der Waals surface area contributed by atoms with Crippen molar-refractivity contribution in [2.24, 2.45) is 0 Å². The lowest BCUT2D eigenvalue weighted by Crippen LogP contribution is -2.27. The standard InChI is InChI=1S/C13H24N4/c1-5-17(4)13-7-6-12(10-15-13)11-16(3)9-8-14-2/h6-7,10,14H,5,8-9,11H2,1-4H3. The first-order valence-corrected chi connectivity index (χ1v) is 6.16. The fraction of sp³-hybridized carbons (Fsp3) is 0.615. The molecule has 0 saturated heterocycles. The highest BCUT2D eigenvalue weighted by Gasteiger charge is 2.02. The molecule has 0 radical (unpaired) electrons. The molecule has 0 aliphatic rings. The number of likely N-dealkylation sites (N-methyl/N-ethyl adjacent to an activating group) is 2. The lowest BCUT2D eigenvalue weighted by Gasteiger charge is -2.18. The molecule has 0 bridgehead atoms. The Balaban J connectivity index is 2.50. The van der Waals surface area contributed by atoms with Gasteiger partial charge in [0.1, 0.15) is 5.82 Å². The molecule has 1 aromatic heterocycles. The first kappa shape index (κ1) is 13.9. The average molecular weight is 236 g/mol. The second-order valence-electron chi connectivity index (χ2n) is 4.38. The lowest BCUT2D eigenvalue weighted by atomic mass is 10.2. The van der Waals surface area contributed by atoms with E-state index >= 15 is 0 Å². The molecule has 1 heterocycles. The van der Waals surface area contributed by atoms with Gasteiger partial charge in [0.05, 0.1) is 0 Å². The summed E-state index contributed by atoms with van der Waals surface area (Å²) in [4.78, 5) is 8.89. The molecule has 0 spiro atoms. The van der Waals surface area contributed by atoms with E-state index in [-0.39, 0.29) is 0 Å². The van der Waals surface area contributed by atoms with Crippen molar-refractivity contribution in [1.82, 2.24) is 15.2 Å². The van der Waals surface area contributed by atoms with Crippen LogP contribution in [-0.2, 0) is 6.54 Å². The average Bonchev–Trinajstić information content (AvgIpc) is 2.36. The van der Waals surface area contributed by atoms with E-state index in [1.807, 2.05) is 13.2 Å². The van der Waals surface area contributed by atoms with Crippen molar-refractivity contribution in [2.45, 2.75) is 13.5 Å². The first-order chi connectivity index (χ1) is 8.17. The first-order valence-electron chi connectivity index (χ1n) is 6.16. The van der Waals surface area contributed by atoms with E-state index in [4.69, 9.17) is 0 Å². The van der Waals surface area contributed by atoms with Gasteiger partial charge in [0.15, 0.2) is 0 Å². The maximum absolute atomic E-state index is 4.47. The normalized spacial score (nSPS) is 10.9. The Bertz CT molecular complexity index is 310. The van der Waals surface area contributed by atoms with Crippen molar-refractivity contribution < 1.29 is 0 Å². The Hall–Kier alpha value is -1.13. The number of nitrogens with zero attached hydrogens (tertiary/aromatic N) is 3. The number of hydrogen-bond donors (Lipinski definition) is 1. The Morgan fingerprint density at radius 3 is 2.59 bits per heavy atom. The van der Waals surface area contributed by atoms with Crippen LogP contribution in [0.15, 0.2) is 18.3 Å². The molecule has 4 heteroatoms. The Morgan fingerprint density at radius 1 is 1.29 bits per heavy atom. The maximum Gasteiger partial charge on any atom is 0.128 e. The molecular weight excluding hydrogens is 212 g/mol. The highest BCUT2D eigenvalue weighted by atomic mass is 15.2. The van der Waals surface area contributed by atoms with Gasteiger partial charge in [-0.2, -0.15) is 0 Å². The Labute approximate surface area is 105 Å². The van der Waals surface area contributed by atoms with Crippen LogP contribution < -0.4 is 10.2 Å². The summed E-state index contributed by atoms with van der Waals surface area (Å²) >= 11 is 0. The molecule has 0 aliphatic carbocycles. The van der Waals surface area contributed by atoms with E-state index in [2.05, 4.69) is 53.3 Å². The van der Waals surface area contributed by atoms with E-state index in [1.165, 1.54) is 5.56 Å². The van der Waals surface area contributed by atoms with Crippen molar-refractivity contribution in [3.05, 3.63) is 23.9 Å². The van der Waals surface area contributed by atoms with Gasteiger partial charge in [-0.3, -0.25) is 0 Å². The van der Waals surface area contributed by atoms with E-state index in [0.29, 0.717) is 0 Å². The summed E-state index contributed by atoms with van der Waals surface area (Å²) in [6.07, 6.45) is 1.97. The van der Waals surface area contributed by atoms with Crippen molar-refractivity contribution in [2.75, 3.05) is 45.7 Å². The third-order valence-electron chi connectivity index (χ3n) is 2.87. The van der Waals surface area contributed by atoms with Crippen LogP contribution in [0, 0.1) is 0 Å². The van der Waals surface area contributed by atoms with Gasteiger partial charge in [-0.1, -0.05) is 6.07 Å². The number of nitrogens with one attached hydrogen (secondary N) is 1. The number of aromatic nitrogens is 1. The van der Waals surface area contributed by atoms with Gasteiger partial charge in [-0.15, -0.1) is 0 Å². The van der Waals surface area contributed by atoms with Crippen molar-refractivity contribution in [1.29, 1.82) is 0 Å². The largest absolute Gasteiger partial charge is 0.360 e. The Morgan fingerprint density at radius 2 is 2.06 bits per heavy atom. The second kappa shape index (κ2) is 7.25.